The maximum absolute atomic E-state index is 12.1. The summed E-state index contributed by atoms with van der Waals surface area (Å²) in [5, 5.41) is 6.22. The number of nitrogens with zero attached hydrogens (tertiary/aromatic N) is 1. The number of aromatic amines is 1. The second-order valence-corrected chi connectivity index (χ2v) is 7.03. The van der Waals surface area contributed by atoms with Crippen LogP contribution in [0.5, 0.6) is 0 Å². The van der Waals surface area contributed by atoms with Crippen LogP contribution in [0.25, 0.3) is 0 Å². The maximum atomic E-state index is 12.1. The summed E-state index contributed by atoms with van der Waals surface area (Å²) in [6.45, 7) is 1.31. The third-order valence-corrected chi connectivity index (χ3v) is 5.30. The van der Waals surface area contributed by atoms with Crippen LogP contribution >= 0.6 is 0 Å². The lowest BCUT2D eigenvalue weighted by Gasteiger charge is -2.22. The number of H-pyrrole nitrogens is 1. The van der Waals surface area contributed by atoms with Crippen molar-refractivity contribution < 1.29 is 8.42 Å². The van der Waals surface area contributed by atoms with Crippen molar-refractivity contribution in [2.45, 2.75) is 32.0 Å². The number of hydrogen-bond acceptors (Lipinski definition) is 4. The number of fused-ring (bicyclic) bond motifs is 1. The maximum Gasteiger partial charge on any atom is 0.271 e. The Labute approximate surface area is 98.9 Å². The molecule has 0 spiro atoms. The van der Waals surface area contributed by atoms with Crippen LogP contribution in [0.4, 0.5) is 0 Å². The Morgan fingerprint density at radius 3 is 2.53 bits per heavy atom. The number of sulfone groups is 1. The molecule has 2 aliphatic heterocycles. The fourth-order valence-corrected chi connectivity index (χ4v) is 4.04. The Bertz CT molecular complexity index is 585. The first kappa shape index (κ1) is 11.0. The van der Waals surface area contributed by atoms with E-state index in [2.05, 4.69) is 10.4 Å². The lowest BCUT2D eigenvalue weighted by atomic mass is 10.1. The van der Waals surface area contributed by atoms with E-state index in [9.17, 15) is 13.2 Å². The zero-order valence-electron chi connectivity index (χ0n) is 9.40. The van der Waals surface area contributed by atoms with Gasteiger partial charge in [-0.3, -0.25) is 9.89 Å². The van der Waals surface area contributed by atoms with Gasteiger partial charge < -0.3 is 5.32 Å². The summed E-state index contributed by atoms with van der Waals surface area (Å²) in [6.07, 6.45) is 1.07. The van der Waals surface area contributed by atoms with Crippen molar-refractivity contribution in [1.29, 1.82) is 0 Å². The van der Waals surface area contributed by atoms with E-state index in [1.54, 1.807) is 4.68 Å². The van der Waals surface area contributed by atoms with Crippen molar-refractivity contribution in [2.24, 2.45) is 0 Å². The molecule has 2 aliphatic rings. The molecule has 94 valence electrons. The van der Waals surface area contributed by atoms with Gasteiger partial charge in [0.25, 0.3) is 5.56 Å². The molecule has 3 heterocycles. The van der Waals surface area contributed by atoms with Crippen molar-refractivity contribution in [3.8, 4) is 0 Å². The Balaban J connectivity index is 1.89. The van der Waals surface area contributed by atoms with Crippen molar-refractivity contribution >= 4 is 9.84 Å². The number of nitrogens with one attached hydrogen (secondary N) is 2. The molecule has 0 saturated carbocycles. The highest BCUT2D eigenvalue weighted by molar-refractivity contribution is 7.91. The van der Waals surface area contributed by atoms with Gasteiger partial charge >= 0.3 is 0 Å². The molecule has 1 saturated heterocycles. The average Bonchev–Trinajstić information content (AvgIpc) is 2.83. The summed E-state index contributed by atoms with van der Waals surface area (Å²) < 4.78 is 24.3. The fourth-order valence-electron chi connectivity index (χ4n) is 2.57. The molecule has 3 rings (SSSR count). The van der Waals surface area contributed by atoms with E-state index < -0.39 is 9.84 Å². The quantitative estimate of drug-likeness (QED) is 0.712. The first-order chi connectivity index (χ1) is 8.07. The third-order valence-electron chi connectivity index (χ3n) is 3.59. The molecule has 0 amide bonds. The monoisotopic (exact) mass is 257 g/mol. The number of hydrogen-bond donors (Lipinski definition) is 2. The Kier molecular flexibility index (Phi) is 2.41. The molecule has 0 atom stereocenters. The molecule has 7 heteroatoms. The molecule has 17 heavy (non-hydrogen) atoms. The van der Waals surface area contributed by atoms with Crippen molar-refractivity contribution in [1.82, 2.24) is 15.1 Å². The van der Waals surface area contributed by atoms with Crippen LogP contribution < -0.4 is 10.9 Å². The summed E-state index contributed by atoms with van der Waals surface area (Å²) in [4.78, 5) is 12.1. The highest BCUT2D eigenvalue weighted by atomic mass is 32.2. The topological polar surface area (TPSA) is 84.0 Å². The standard InChI is InChI=1S/C10H15N3O3S/c14-10-8-5-11-6-9(8)12-13(10)7-1-3-17(15,16)4-2-7/h7,11-12H,1-6H2. The zero-order chi connectivity index (χ0) is 12.0. The van der Waals surface area contributed by atoms with Gasteiger partial charge in [-0.25, -0.2) is 13.1 Å². The van der Waals surface area contributed by atoms with Gasteiger partial charge in [0.15, 0.2) is 0 Å². The van der Waals surface area contributed by atoms with Gasteiger partial charge in [0, 0.05) is 13.1 Å². The van der Waals surface area contributed by atoms with Gasteiger partial charge in [-0.15, -0.1) is 0 Å². The van der Waals surface area contributed by atoms with Gasteiger partial charge in [-0.05, 0) is 12.8 Å². The number of rotatable bonds is 1. The third kappa shape index (κ3) is 1.83. The second kappa shape index (κ2) is 3.71. The minimum Gasteiger partial charge on any atom is -0.307 e. The molecule has 0 aliphatic carbocycles. The molecule has 0 unspecified atom stereocenters. The van der Waals surface area contributed by atoms with Crippen LogP contribution in [0.2, 0.25) is 0 Å². The van der Waals surface area contributed by atoms with Gasteiger partial charge in [0.05, 0.1) is 28.8 Å². The van der Waals surface area contributed by atoms with E-state index in [1.165, 1.54) is 0 Å². The molecule has 0 radical (unpaired) electrons. The lowest BCUT2D eigenvalue weighted by molar-refractivity contribution is 0.399. The van der Waals surface area contributed by atoms with Crippen LogP contribution in [0.1, 0.15) is 30.1 Å². The molecule has 0 bridgehead atoms. The summed E-state index contributed by atoms with van der Waals surface area (Å²) in [5.74, 6) is 0.373. The number of aromatic nitrogens is 2. The molecule has 1 aromatic heterocycles. The van der Waals surface area contributed by atoms with Gasteiger partial charge in [0.1, 0.15) is 9.84 Å². The summed E-state index contributed by atoms with van der Waals surface area (Å²) in [6, 6.07) is 0.0108. The highest BCUT2D eigenvalue weighted by Gasteiger charge is 2.28. The molecular weight excluding hydrogens is 242 g/mol. The van der Waals surface area contributed by atoms with E-state index in [-0.39, 0.29) is 23.1 Å². The molecule has 6 nitrogen and oxygen atoms in total. The summed E-state index contributed by atoms with van der Waals surface area (Å²) in [5.41, 5.74) is 1.76. The predicted molar refractivity (Wildman–Crippen MR) is 62.5 cm³/mol. The summed E-state index contributed by atoms with van der Waals surface area (Å²) >= 11 is 0. The van der Waals surface area contributed by atoms with Gasteiger partial charge in [0.2, 0.25) is 0 Å². The van der Waals surface area contributed by atoms with E-state index in [0.717, 1.165) is 11.3 Å². The van der Waals surface area contributed by atoms with Gasteiger partial charge in [-0.2, -0.15) is 0 Å². The van der Waals surface area contributed by atoms with Crippen molar-refractivity contribution in [3.05, 3.63) is 21.6 Å². The van der Waals surface area contributed by atoms with E-state index in [0.29, 0.717) is 25.9 Å². The Hall–Kier alpha value is -1.08. The van der Waals surface area contributed by atoms with Crippen LogP contribution in [0.15, 0.2) is 4.79 Å². The van der Waals surface area contributed by atoms with E-state index in [4.69, 9.17) is 0 Å². The second-order valence-electron chi connectivity index (χ2n) is 4.73. The minimum absolute atomic E-state index is 0.00861. The molecule has 2 N–H and O–H groups in total. The highest BCUT2D eigenvalue weighted by Crippen LogP contribution is 2.23. The summed E-state index contributed by atoms with van der Waals surface area (Å²) in [7, 11) is -2.87. The molecule has 1 aromatic rings. The molecule has 0 aromatic carbocycles. The van der Waals surface area contributed by atoms with Crippen molar-refractivity contribution in [3.63, 3.8) is 0 Å². The van der Waals surface area contributed by atoms with Crippen LogP contribution in [-0.4, -0.2) is 29.7 Å². The smallest absolute Gasteiger partial charge is 0.271 e. The Morgan fingerprint density at radius 2 is 1.88 bits per heavy atom. The van der Waals surface area contributed by atoms with Crippen LogP contribution in [0.3, 0.4) is 0 Å². The van der Waals surface area contributed by atoms with Gasteiger partial charge in [-0.1, -0.05) is 0 Å². The SMILES string of the molecule is O=c1c2c([nH]n1C1CCS(=O)(=O)CC1)CNC2. The normalized spacial score (nSPS) is 23.8. The fraction of sp³-hybridized carbons (Fsp3) is 0.700. The predicted octanol–water partition coefficient (Wildman–Crippen LogP) is -0.471. The largest absolute Gasteiger partial charge is 0.307 e. The first-order valence-electron chi connectivity index (χ1n) is 5.80. The lowest BCUT2D eigenvalue weighted by Crippen LogP contribution is -2.32. The first-order valence-corrected chi connectivity index (χ1v) is 7.62. The van der Waals surface area contributed by atoms with Crippen LogP contribution in [-0.2, 0) is 22.9 Å². The zero-order valence-corrected chi connectivity index (χ0v) is 10.2. The van der Waals surface area contributed by atoms with Crippen molar-refractivity contribution in [2.75, 3.05) is 11.5 Å². The average molecular weight is 257 g/mol. The Morgan fingerprint density at radius 1 is 1.18 bits per heavy atom. The van der Waals surface area contributed by atoms with E-state index >= 15 is 0 Å². The van der Waals surface area contributed by atoms with E-state index in [1.807, 2.05) is 0 Å². The molecular formula is C10H15N3O3S. The minimum atomic E-state index is -2.87. The van der Waals surface area contributed by atoms with Crippen LogP contribution in [0, 0.1) is 0 Å². The molecule has 1 fully saturated rings.